The van der Waals surface area contributed by atoms with Gasteiger partial charge in [-0.05, 0) is 32.1 Å². The molecular formula is C14H27NO4S. The number of sulfonamides is 1. The Bertz CT molecular complexity index is 432. The molecule has 0 saturated heterocycles. The lowest BCUT2D eigenvalue weighted by atomic mass is 10.1. The number of carbonyl (C=O) groups excluding carboxylic acids is 1. The van der Waals surface area contributed by atoms with E-state index in [4.69, 9.17) is 4.74 Å². The average Bonchev–Trinajstić information content (AvgIpc) is 2.85. The summed E-state index contributed by atoms with van der Waals surface area (Å²) in [6.07, 6.45) is 2.71. The number of rotatable bonds is 6. The highest BCUT2D eigenvalue weighted by Crippen LogP contribution is 2.34. The summed E-state index contributed by atoms with van der Waals surface area (Å²) in [4.78, 5) is 11.7. The molecule has 0 spiro atoms. The average molecular weight is 305 g/mol. The molecule has 0 amide bonds. The molecule has 0 aromatic carbocycles. The molecule has 1 fully saturated rings. The number of ether oxygens (including phenoxy) is 1. The summed E-state index contributed by atoms with van der Waals surface area (Å²) in [6.45, 7) is 6.06. The molecule has 1 aliphatic rings. The van der Waals surface area contributed by atoms with Crippen molar-refractivity contribution in [2.75, 3.05) is 14.2 Å². The zero-order chi connectivity index (χ0) is 15.5. The summed E-state index contributed by atoms with van der Waals surface area (Å²) in [5.74, 6) is -0.484. The van der Waals surface area contributed by atoms with Crippen LogP contribution < -0.4 is 0 Å². The number of carbonyl (C=O) groups is 1. The third-order valence-electron chi connectivity index (χ3n) is 4.17. The Morgan fingerprint density at radius 1 is 1.30 bits per heavy atom. The summed E-state index contributed by atoms with van der Waals surface area (Å²) < 4.78 is 31.6. The fourth-order valence-electron chi connectivity index (χ4n) is 3.00. The molecule has 1 saturated carbocycles. The summed E-state index contributed by atoms with van der Waals surface area (Å²) in [7, 11) is -0.520. The molecule has 0 N–H and O–H groups in total. The number of hydrogen-bond acceptors (Lipinski definition) is 4. The first kappa shape index (κ1) is 17.4. The van der Waals surface area contributed by atoms with Gasteiger partial charge in [-0.2, -0.15) is 0 Å². The Labute approximate surface area is 122 Å². The van der Waals surface area contributed by atoms with Crippen LogP contribution in [0.2, 0.25) is 0 Å². The van der Waals surface area contributed by atoms with Crippen molar-refractivity contribution >= 4 is 16.0 Å². The topological polar surface area (TPSA) is 63.7 Å². The van der Waals surface area contributed by atoms with Gasteiger partial charge in [0.1, 0.15) is 0 Å². The molecule has 3 atom stereocenters. The van der Waals surface area contributed by atoms with E-state index in [2.05, 4.69) is 13.8 Å². The van der Waals surface area contributed by atoms with Gasteiger partial charge in [0.2, 0.25) is 10.0 Å². The van der Waals surface area contributed by atoms with Crippen molar-refractivity contribution in [3.63, 3.8) is 0 Å². The van der Waals surface area contributed by atoms with Crippen LogP contribution >= 0.6 is 0 Å². The van der Waals surface area contributed by atoms with E-state index in [1.54, 1.807) is 7.05 Å². The van der Waals surface area contributed by atoms with E-state index in [-0.39, 0.29) is 6.04 Å². The number of methoxy groups -OCH3 is 1. The van der Waals surface area contributed by atoms with E-state index < -0.39 is 27.2 Å². The lowest BCUT2D eigenvalue weighted by Crippen LogP contribution is -2.44. The van der Waals surface area contributed by atoms with Crippen LogP contribution in [0.25, 0.3) is 0 Å². The lowest BCUT2D eigenvalue weighted by Gasteiger charge is -2.30. The van der Waals surface area contributed by atoms with Gasteiger partial charge >= 0.3 is 5.97 Å². The van der Waals surface area contributed by atoms with Crippen LogP contribution in [0.15, 0.2) is 0 Å². The van der Waals surface area contributed by atoms with E-state index in [1.165, 1.54) is 11.4 Å². The number of hydrogen-bond donors (Lipinski definition) is 0. The van der Waals surface area contributed by atoms with Gasteiger partial charge in [0.05, 0.1) is 18.3 Å². The minimum Gasteiger partial charge on any atom is -0.469 e. The van der Waals surface area contributed by atoms with Crippen LogP contribution in [0.1, 0.15) is 46.5 Å². The molecule has 5 nitrogen and oxygen atoms in total. The maximum atomic E-state index is 12.7. The van der Waals surface area contributed by atoms with Crippen molar-refractivity contribution in [3.8, 4) is 0 Å². The smallest absolute Gasteiger partial charge is 0.310 e. The van der Waals surface area contributed by atoms with Crippen molar-refractivity contribution in [2.24, 2.45) is 11.8 Å². The second-order valence-corrected chi connectivity index (χ2v) is 8.35. The third-order valence-corrected chi connectivity index (χ3v) is 6.67. The molecule has 0 aliphatic heterocycles. The standard InChI is InChI=1S/C14H27NO4S/c1-10(2)9-11(3)15(4)20(17,18)13-8-6-7-12(13)14(16)19-5/h10-13H,6-9H2,1-5H3. The van der Waals surface area contributed by atoms with Crippen molar-refractivity contribution in [1.82, 2.24) is 4.31 Å². The lowest BCUT2D eigenvalue weighted by molar-refractivity contribution is -0.145. The van der Waals surface area contributed by atoms with E-state index in [1.807, 2.05) is 6.92 Å². The summed E-state index contributed by atoms with van der Waals surface area (Å²) in [5, 5.41) is -0.630. The van der Waals surface area contributed by atoms with E-state index >= 15 is 0 Å². The third kappa shape index (κ3) is 3.73. The first-order chi connectivity index (χ1) is 9.21. The summed E-state index contributed by atoms with van der Waals surface area (Å²) in [5.41, 5.74) is 0. The summed E-state index contributed by atoms with van der Waals surface area (Å²) >= 11 is 0. The molecule has 0 heterocycles. The van der Waals surface area contributed by atoms with Crippen LogP contribution in [0.3, 0.4) is 0 Å². The van der Waals surface area contributed by atoms with E-state index in [9.17, 15) is 13.2 Å². The van der Waals surface area contributed by atoms with Crippen LogP contribution in [0.5, 0.6) is 0 Å². The molecule has 0 bridgehead atoms. The van der Waals surface area contributed by atoms with Crippen molar-refractivity contribution < 1.29 is 17.9 Å². The van der Waals surface area contributed by atoms with Gasteiger partial charge in [-0.1, -0.05) is 20.3 Å². The molecule has 3 unspecified atom stereocenters. The van der Waals surface area contributed by atoms with Crippen LogP contribution in [-0.2, 0) is 19.6 Å². The largest absolute Gasteiger partial charge is 0.469 e. The van der Waals surface area contributed by atoms with Crippen LogP contribution in [0.4, 0.5) is 0 Å². The zero-order valence-corrected chi connectivity index (χ0v) is 13.9. The monoisotopic (exact) mass is 305 g/mol. The predicted octanol–water partition coefficient (Wildman–Crippen LogP) is 2.02. The second-order valence-electron chi connectivity index (χ2n) is 6.14. The zero-order valence-electron chi connectivity index (χ0n) is 13.1. The molecule has 0 aromatic rings. The van der Waals surface area contributed by atoms with Crippen LogP contribution in [0, 0.1) is 11.8 Å². The Balaban J connectivity index is 2.89. The normalized spacial score (nSPS) is 25.1. The Morgan fingerprint density at radius 3 is 2.40 bits per heavy atom. The Kier molecular flexibility index (Phi) is 6.01. The van der Waals surface area contributed by atoms with Gasteiger partial charge in [0.25, 0.3) is 0 Å². The minimum atomic E-state index is -3.46. The SMILES string of the molecule is COC(=O)C1CCCC1S(=O)(=O)N(C)C(C)CC(C)C. The summed E-state index contributed by atoms with van der Waals surface area (Å²) in [6, 6.07) is -0.0566. The maximum Gasteiger partial charge on any atom is 0.310 e. The van der Waals surface area contributed by atoms with Crippen molar-refractivity contribution in [3.05, 3.63) is 0 Å². The molecule has 20 heavy (non-hydrogen) atoms. The fraction of sp³-hybridized carbons (Fsp3) is 0.929. The molecule has 0 radical (unpaired) electrons. The highest BCUT2D eigenvalue weighted by molar-refractivity contribution is 7.89. The molecular weight excluding hydrogens is 278 g/mol. The van der Waals surface area contributed by atoms with Gasteiger partial charge in [-0.25, -0.2) is 12.7 Å². The first-order valence-corrected chi connectivity index (χ1v) is 8.76. The Morgan fingerprint density at radius 2 is 1.90 bits per heavy atom. The van der Waals surface area contributed by atoms with E-state index in [0.717, 1.165) is 12.8 Å². The molecule has 118 valence electrons. The fourth-order valence-corrected chi connectivity index (χ4v) is 5.14. The Hall–Kier alpha value is -0.620. The van der Waals surface area contributed by atoms with Gasteiger partial charge in [0.15, 0.2) is 0 Å². The quantitative estimate of drug-likeness (QED) is 0.704. The minimum absolute atomic E-state index is 0.0566. The van der Waals surface area contributed by atoms with Gasteiger partial charge in [0, 0.05) is 13.1 Å². The predicted molar refractivity (Wildman–Crippen MR) is 78.7 cm³/mol. The van der Waals surface area contributed by atoms with Gasteiger partial charge in [-0.3, -0.25) is 4.79 Å². The number of nitrogens with zero attached hydrogens (tertiary/aromatic N) is 1. The van der Waals surface area contributed by atoms with E-state index in [0.29, 0.717) is 18.8 Å². The van der Waals surface area contributed by atoms with Gasteiger partial charge in [-0.15, -0.1) is 0 Å². The van der Waals surface area contributed by atoms with Crippen LogP contribution in [-0.4, -0.2) is 44.1 Å². The number of esters is 1. The molecule has 1 rings (SSSR count). The molecule has 1 aliphatic carbocycles. The first-order valence-electron chi connectivity index (χ1n) is 7.26. The highest BCUT2D eigenvalue weighted by atomic mass is 32.2. The second kappa shape index (κ2) is 6.89. The molecule has 6 heteroatoms. The molecule has 0 aromatic heterocycles. The van der Waals surface area contributed by atoms with Gasteiger partial charge < -0.3 is 4.74 Å². The van der Waals surface area contributed by atoms with Crippen molar-refractivity contribution in [2.45, 2.75) is 57.7 Å². The maximum absolute atomic E-state index is 12.7. The van der Waals surface area contributed by atoms with Crippen molar-refractivity contribution in [1.29, 1.82) is 0 Å². The highest BCUT2D eigenvalue weighted by Gasteiger charge is 2.44.